The molecule has 0 aliphatic carbocycles. The van der Waals surface area contributed by atoms with Gasteiger partial charge in [0.05, 0.1) is 6.20 Å². The van der Waals surface area contributed by atoms with Gasteiger partial charge in [0.2, 0.25) is 0 Å². The van der Waals surface area contributed by atoms with Gasteiger partial charge in [-0.15, -0.1) is 0 Å². The molecule has 0 bridgehead atoms. The van der Waals surface area contributed by atoms with E-state index in [-0.39, 0.29) is 0 Å². The third kappa shape index (κ3) is 3.34. The highest BCUT2D eigenvalue weighted by Gasteiger charge is 2.10. The van der Waals surface area contributed by atoms with E-state index in [9.17, 15) is 0 Å². The molecule has 1 aromatic carbocycles. The summed E-state index contributed by atoms with van der Waals surface area (Å²) in [5, 5.41) is 7.97. The molecule has 1 N–H and O–H groups in total. The van der Waals surface area contributed by atoms with Crippen LogP contribution in [0, 0.1) is 5.92 Å². The predicted octanol–water partition coefficient (Wildman–Crippen LogP) is 3.74. The SMILES string of the molecule is CC(C)CNCc1cnoc1-c1ccc(Cl)cc1. The second-order valence-electron chi connectivity index (χ2n) is 4.71. The topological polar surface area (TPSA) is 38.1 Å². The summed E-state index contributed by atoms with van der Waals surface area (Å²) in [6, 6.07) is 7.58. The number of halogens is 1. The van der Waals surface area contributed by atoms with E-state index in [0.717, 1.165) is 35.0 Å². The number of hydrogen-bond donors (Lipinski definition) is 1. The Balaban J connectivity index is 2.10. The third-order valence-electron chi connectivity index (χ3n) is 2.62. The minimum absolute atomic E-state index is 0.629. The van der Waals surface area contributed by atoms with Gasteiger partial charge in [-0.3, -0.25) is 0 Å². The maximum atomic E-state index is 5.87. The van der Waals surface area contributed by atoms with Gasteiger partial charge in [-0.1, -0.05) is 30.6 Å². The number of benzene rings is 1. The van der Waals surface area contributed by atoms with Crippen LogP contribution in [0.4, 0.5) is 0 Å². The fourth-order valence-corrected chi connectivity index (χ4v) is 1.85. The number of aromatic nitrogens is 1. The molecule has 0 radical (unpaired) electrons. The Hall–Kier alpha value is -1.32. The van der Waals surface area contributed by atoms with Crippen LogP contribution < -0.4 is 5.32 Å². The fourth-order valence-electron chi connectivity index (χ4n) is 1.72. The van der Waals surface area contributed by atoms with Gasteiger partial charge in [0.15, 0.2) is 5.76 Å². The van der Waals surface area contributed by atoms with Gasteiger partial charge in [0, 0.05) is 22.7 Å². The highest BCUT2D eigenvalue weighted by Crippen LogP contribution is 2.24. The van der Waals surface area contributed by atoms with E-state index in [1.165, 1.54) is 0 Å². The van der Waals surface area contributed by atoms with Crippen molar-refractivity contribution in [1.29, 1.82) is 0 Å². The number of rotatable bonds is 5. The van der Waals surface area contributed by atoms with E-state index in [4.69, 9.17) is 16.1 Å². The van der Waals surface area contributed by atoms with E-state index in [1.54, 1.807) is 6.20 Å². The van der Waals surface area contributed by atoms with Gasteiger partial charge >= 0.3 is 0 Å². The van der Waals surface area contributed by atoms with E-state index < -0.39 is 0 Å². The molecule has 0 atom stereocenters. The molecule has 0 unspecified atom stereocenters. The summed E-state index contributed by atoms with van der Waals surface area (Å²) in [5.41, 5.74) is 2.07. The summed E-state index contributed by atoms with van der Waals surface area (Å²) in [5.74, 6) is 1.44. The van der Waals surface area contributed by atoms with Crippen molar-refractivity contribution in [3.63, 3.8) is 0 Å². The standard InChI is InChI=1S/C14H17ClN2O/c1-10(2)7-16-8-12-9-17-18-14(12)11-3-5-13(15)6-4-11/h3-6,9-10,16H,7-8H2,1-2H3. The summed E-state index contributed by atoms with van der Waals surface area (Å²) in [6.45, 7) is 6.10. The van der Waals surface area contributed by atoms with Gasteiger partial charge in [-0.2, -0.15) is 0 Å². The van der Waals surface area contributed by atoms with Crippen molar-refractivity contribution in [2.24, 2.45) is 5.92 Å². The molecule has 3 nitrogen and oxygen atoms in total. The Morgan fingerprint density at radius 2 is 2.00 bits per heavy atom. The summed E-state index contributed by atoms with van der Waals surface area (Å²) < 4.78 is 5.32. The van der Waals surface area contributed by atoms with Gasteiger partial charge in [-0.05, 0) is 36.7 Å². The zero-order valence-corrected chi connectivity index (χ0v) is 11.4. The summed E-state index contributed by atoms with van der Waals surface area (Å²) in [4.78, 5) is 0. The molecule has 0 amide bonds. The zero-order chi connectivity index (χ0) is 13.0. The Morgan fingerprint density at radius 1 is 1.28 bits per heavy atom. The second kappa shape index (κ2) is 6.03. The first-order valence-corrected chi connectivity index (χ1v) is 6.45. The van der Waals surface area contributed by atoms with Crippen LogP contribution in [0.1, 0.15) is 19.4 Å². The average Bonchev–Trinajstić information content (AvgIpc) is 2.78. The molecule has 18 heavy (non-hydrogen) atoms. The van der Waals surface area contributed by atoms with E-state index in [2.05, 4.69) is 24.3 Å². The number of nitrogens with zero attached hydrogens (tertiary/aromatic N) is 1. The molecule has 0 spiro atoms. The molecule has 1 aromatic heterocycles. The lowest BCUT2D eigenvalue weighted by Crippen LogP contribution is -2.18. The van der Waals surface area contributed by atoms with Crippen LogP contribution in [0.25, 0.3) is 11.3 Å². The molecule has 0 saturated heterocycles. The first-order chi connectivity index (χ1) is 8.66. The van der Waals surface area contributed by atoms with Crippen molar-refractivity contribution in [2.45, 2.75) is 20.4 Å². The first kappa shape index (κ1) is 13.1. The van der Waals surface area contributed by atoms with E-state index >= 15 is 0 Å². The van der Waals surface area contributed by atoms with Crippen LogP contribution in [0.5, 0.6) is 0 Å². The van der Waals surface area contributed by atoms with Crippen LogP contribution >= 0.6 is 11.6 Å². The molecular weight excluding hydrogens is 248 g/mol. The molecule has 0 fully saturated rings. The Morgan fingerprint density at radius 3 is 2.67 bits per heavy atom. The summed E-state index contributed by atoms with van der Waals surface area (Å²) >= 11 is 5.87. The lowest BCUT2D eigenvalue weighted by atomic mass is 10.1. The predicted molar refractivity (Wildman–Crippen MR) is 73.5 cm³/mol. The van der Waals surface area contributed by atoms with E-state index in [0.29, 0.717) is 5.92 Å². The molecular formula is C14H17ClN2O. The Bertz CT molecular complexity index is 491. The van der Waals surface area contributed by atoms with Crippen molar-refractivity contribution >= 4 is 11.6 Å². The maximum Gasteiger partial charge on any atom is 0.171 e. The van der Waals surface area contributed by atoms with Gasteiger partial charge in [0.1, 0.15) is 0 Å². The Labute approximate surface area is 112 Å². The minimum Gasteiger partial charge on any atom is -0.356 e. The second-order valence-corrected chi connectivity index (χ2v) is 5.15. The molecule has 2 rings (SSSR count). The number of hydrogen-bond acceptors (Lipinski definition) is 3. The number of nitrogens with one attached hydrogen (secondary N) is 1. The van der Waals surface area contributed by atoms with Gasteiger partial charge in [0.25, 0.3) is 0 Å². The summed E-state index contributed by atoms with van der Waals surface area (Å²) in [6.07, 6.45) is 1.76. The van der Waals surface area contributed by atoms with Crippen molar-refractivity contribution in [2.75, 3.05) is 6.54 Å². The van der Waals surface area contributed by atoms with Crippen LogP contribution in [-0.2, 0) is 6.54 Å². The quantitative estimate of drug-likeness (QED) is 0.894. The molecule has 2 aromatic rings. The van der Waals surface area contributed by atoms with Crippen LogP contribution in [-0.4, -0.2) is 11.7 Å². The highest BCUT2D eigenvalue weighted by molar-refractivity contribution is 6.30. The molecule has 1 heterocycles. The highest BCUT2D eigenvalue weighted by atomic mass is 35.5. The molecule has 0 aliphatic rings. The van der Waals surface area contributed by atoms with Crippen LogP contribution in [0.15, 0.2) is 35.0 Å². The van der Waals surface area contributed by atoms with Crippen molar-refractivity contribution in [3.05, 3.63) is 41.0 Å². The maximum absolute atomic E-state index is 5.87. The lowest BCUT2D eigenvalue weighted by molar-refractivity contribution is 0.431. The van der Waals surface area contributed by atoms with Crippen LogP contribution in [0.2, 0.25) is 5.02 Å². The first-order valence-electron chi connectivity index (χ1n) is 6.07. The van der Waals surface area contributed by atoms with Crippen molar-refractivity contribution in [1.82, 2.24) is 10.5 Å². The molecule has 0 aliphatic heterocycles. The normalized spacial score (nSPS) is 11.1. The molecule has 4 heteroatoms. The average molecular weight is 265 g/mol. The molecule has 0 saturated carbocycles. The van der Waals surface area contributed by atoms with E-state index in [1.807, 2.05) is 24.3 Å². The summed E-state index contributed by atoms with van der Waals surface area (Å²) in [7, 11) is 0. The lowest BCUT2D eigenvalue weighted by Gasteiger charge is -2.06. The van der Waals surface area contributed by atoms with Crippen molar-refractivity contribution in [3.8, 4) is 11.3 Å². The smallest absolute Gasteiger partial charge is 0.171 e. The fraction of sp³-hybridized carbons (Fsp3) is 0.357. The monoisotopic (exact) mass is 264 g/mol. The van der Waals surface area contributed by atoms with Gasteiger partial charge in [-0.25, -0.2) is 0 Å². The molecule has 96 valence electrons. The third-order valence-corrected chi connectivity index (χ3v) is 2.87. The van der Waals surface area contributed by atoms with Crippen molar-refractivity contribution < 1.29 is 4.52 Å². The largest absolute Gasteiger partial charge is 0.356 e. The van der Waals surface area contributed by atoms with Crippen LogP contribution in [0.3, 0.4) is 0 Å². The minimum atomic E-state index is 0.629. The zero-order valence-electron chi connectivity index (χ0n) is 10.6. The Kier molecular flexibility index (Phi) is 4.39. The van der Waals surface area contributed by atoms with Gasteiger partial charge < -0.3 is 9.84 Å².